The molecule has 0 aliphatic rings. The van der Waals surface area contributed by atoms with E-state index >= 15 is 0 Å². The van der Waals surface area contributed by atoms with Crippen molar-refractivity contribution in [2.75, 3.05) is 13.2 Å². The molecule has 0 bridgehead atoms. The van der Waals surface area contributed by atoms with Gasteiger partial charge in [0.15, 0.2) is 11.5 Å². The van der Waals surface area contributed by atoms with Crippen LogP contribution in [0.15, 0.2) is 35.7 Å². The Balaban J connectivity index is 2.29. The zero-order valence-electron chi connectivity index (χ0n) is 11.1. The number of hydrogen-bond acceptors (Lipinski definition) is 3. The van der Waals surface area contributed by atoms with Crippen LogP contribution >= 0.6 is 27.3 Å². The molecule has 0 amide bonds. The molecule has 2 nitrogen and oxygen atoms in total. The van der Waals surface area contributed by atoms with E-state index in [1.807, 2.05) is 26.0 Å². The second-order valence-electron chi connectivity index (χ2n) is 3.95. The first-order valence-corrected chi connectivity index (χ1v) is 8.12. The Kier molecular flexibility index (Phi) is 5.28. The van der Waals surface area contributed by atoms with Crippen LogP contribution in [0.1, 0.15) is 29.1 Å². The molecular weight excluding hydrogens is 324 g/mol. The van der Waals surface area contributed by atoms with Crippen LogP contribution in [0.3, 0.4) is 0 Å². The molecule has 0 aliphatic carbocycles. The highest BCUT2D eigenvalue weighted by molar-refractivity contribution is 9.09. The summed E-state index contributed by atoms with van der Waals surface area (Å²) in [6, 6.07) is 10.3. The van der Waals surface area contributed by atoms with Gasteiger partial charge in [0.25, 0.3) is 0 Å². The molecule has 19 heavy (non-hydrogen) atoms. The number of halogens is 1. The van der Waals surface area contributed by atoms with E-state index in [1.54, 1.807) is 11.3 Å². The number of alkyl halides is 1. The van der Waals surface area contributed by atoms with Crippen molar-refractivity contribution in [3.05, 3.63) is 46.2 Å². The molecule has 2 rings (SSSR count). The lowest BCUT2D eigenvalue weighted by Gasteiger charge is -2.14. The maximum Gasteiger partial charge on any atom is 0.161 e. The van der Waals surface area contributed by atoms with Gasteiger partial charge in [0.1, 0.15) is 0 Å². The summed E-state index contributed by atoms with van der Waals surface area (Å²) < 4.78 is 11.2. The van der Waals surface area contributed by atoms with E-state index in [9.17, 15) is 0 Å². The second-order valence-corrected chi connectivity index (χ2v) is 5.85. The molecular formula is C15H17BrO2S. The molecule has 0 saturated carbocycles. The SMILES string of the molecule is CCOc1ccc(C(Br)c2cccs2)cc1OCC. The van der Waals surface area contributed by atoms with Crippen molar-refractivity contribution < 1.29 is 9.47 Å². The van der Waals surface area contributed by atoms with Crippen LogP contribution in [-0.2, 0) is 0 Å². The van der Waals surface area contributed by atoms with Crippen LogP contribution in [0.4, 0.5) is 0 Å². The van der Waals surface area contributed by atoms with Gasteiger partial charge in [-0.15, -0.1) is 11.3 Å². The van der Waals surface area contributed by atoms with Crippen molar-refractivity contribution in [2.24, 2.45) is 0 Å². The zero-order valence-corrected chi connectivity index (χ0v) is 13.5. The Labute approximate surface area is 126 Å². The molecule has 1 aromatic heterocycles. The number of ether oxygens (including phenoxy) is 2. The predicted molar refractivity (Wildman–Crippen MR) is 83.9 cm³/mol. The van der Waals surface area contributed by atoms with Crippen molar-refractivity contribution >= 4 is 27.3 Å². The minimum absolute atomic E-state index is 0.197. The molecule has 0 saturated heterocycles. The molecule has 0 N–H and O–H groups in total. The Morgan fingerprint density at radius 2 is 1.84 bits per heavy atom. The maximum absolute atomic E-state index is 5.66. The molecule has 1 aromatic carbocycles. The van der Waals surface area contributed by atoms with Crippen LogP contribution in [0.5, 0.6) is 11.5 Å². The van der Waals surface area contributed by atoms with Gasteiger partial charge in [0.2, 0.25) is 0 Å². The third-order valence-corrected chi connectivity index (χ3v) is 4.92. The summed E-state index contributed by atoms with van der Waals surface area (Å²) in [4.78, 5) is 1.48. The smallest absolute Gasteiger partial charge is 0.161 e. The van der Waals surface area contributed by atoms with Crippen molar-refractivity contribution in [3.63, 3.8) is 0 Å². The first-order valence-electron chi connectivity index (χ1n) is 6.33. The monoisotopic (exact) mass is 340 g/mol. The van der Waals surface area contributed by atoms with Gasteiger partial charge in [-0.2, -0.15) is 0 Å². The molecule has 0 aliphatic heterocycles. The lowest BCUT2D eigenvalue weighted by molar-refractivity contribution is 0.287. The van der Waals surface area contributed by atoms with Crippen molar-refractivity contribution in [2.45, 2.75) is 18.7 Å². The third-order valence-electron chi connectivity index (χ3n) is 2.65. The second kappa shape index (κ2) is 6.96. The number of hydrogen-bond donors (Lipinski definition) is 0. The highest BCUT2D eigenvalue weighted by Gasteiger charge is 2.14. The predicted octanol–water partition coefficient (Wildman–Crippen LogP) is 5.03. The molecule has 0 fully saturated rings. The van der Waals surface area contributed by atoms with Gasteiger partial charge in [-0.25, -0.2) is 0 Å². The fourth-order valence-corrected chi connectivity index (χ4v) is 3.31. The van der Waals surface area contributed by atoms with Crippen LogP contribution < -0.4 is 9.47 Å². The van der Waals surface area contributed by atoms with Gasteiger partial charge in [0, 0.05) is 4.88 Å². The van der Waals surface area contributed by atoms with E-state index in [4.69, 9.17) is 9.47 Å². The summed E-state index contributed by atoms with van der Waals surface area (Å²) in [6.45, 7) is 5.23. The van der Waals surface area contributed by atoms with Crippen LogP contribution in [-0.4, -0.2) is 13.2 Å². The van der Waals surface area contributed by atoms with Crippen LogP contribution in [0, 0.1) is 0 Å². The normalized spacial score (nSPS) is 12.2. The zero-order chi connectivity index (χ0) is 13.7. The molecule has 1 atom stereocenters. The van der Waals surface area contributed by atoms with Gasteiger partial charge in [0.05, 0.1) is 18.0 Å². The fourth-order valence-electron chi connectivity index (χ4n) is 1.83. The molecule has 0 radical (unpaired) electrons. The van der Waals surface area contributed by atoms with Gasteiger partial charge in [-0.3, -0.25) is 0 Å². The Morgan fingerprint density at radius 1 is 1.11 bits per heavy atom. The molecule has 102 valence electrons. The minimum Gasteiger partial charge on any atom is -0.490 e. The number of rotatable bonds is 6. The highest BCUT2D eigenvalue weighted by atomic mass is 79.9. The largest absolute Gasteiger partial charge is 0.490 e. The van der Waals surface area contributed by atoms with Crippen molar-refractivity contribution in [3.8, 4) is 11.5 Å². The van der Waals surface area contributed by atoms with Crippen molar-refractivity contribution in [1.82, 2.24) is 0 Å². The van der Waals surface area contributed by atoms with Gasteiger partial charge >= 0.3 is 0 Å². The minimum atomic E-state index is 0.197. The molecule has 4 heteroatoms. The van der Waals surface area contributed by atoms with E-state index in [1.165, 1.54) is 10.4 Å². The Hall–Kier alpha value is -1.00. The summed E-state index contributed by atoms with van der Waals surface area (Å²) in [5.41, 5.74) is 1.18. The number of benzene rings is 1. The van der Waals surface area contributed by atoms with Crippen LogP contribution in [0.2, 0.25) is 0 Å². The van der Waals surface area contributed by atoms with Gasteiger partial charge in [-0.1, -0.05) is 28.1 Å². The first-order chi connectivity index (χ1) is 9.26. The van der Waals surface area contributed by atoms with E-state index < -0.39 is 0 Å². The van der Waals surface area contributed by atoms with Gasteiger partial charge in [-0.05, 0) is 43.0 Å². The fraction of sp³-hybridized carbons (Fsp3) is 0.333. The topological polar surface area (TPSA) is 18.5 Å². The van der Waals surface area contributed by atoms with E-state index in [0.29, 0.717) is 13.2 Å². The summed E-state index contributed by atoms with van der Waals surface area (Å²) >= 11 is 5.48. The number of thiophene rings is 1. The highest BCUT2D eigenvalue weighted by Crippen LogP contribution is 2.38. The molecule has 2 aromatic rings. The molecule has 1 heterocycles. The quantitative estimate of drug-likeness (QED) is 0.686. The lowest BCUT2D eigenvalue weighted by Crippen LogP contribution is -2.00. The van der Waals surface area contributed by atoms with Crippen molar-refractivity contribution in [1.29, 1.82) is 0 Å². The van der Waals surface area contributed by atoms with E-state index in [0.717, 1.165) is 11.5 Å². The maximum atomic E-state index is 5.66. The molecule has 1 unspecified atom stereocenters. The van der Waals surface area contributed by atoms with E-state index in [2.05, 4.69) is 39.5 Å². The average molecular weight is 341 g/mol. The first kappa shape index (κ1) is 14.4. The third kappa shape index (κ3) is 3.51. The van der Waals surface area contributed by atoms with Crippen LogP contribution in [0.25, 0.3) is 0 Å². The Morgan fingerprint density at radius 3 is 2.47 bits per heavy atom. The standard InChI is InChI=1S/C15H17BrO2S/c1-3-17-12-8-7-11(10-13(12)18-4-2)15(16)14-6-5-9-19-14/h5-10,15H,3-4H2,1-2H3. The van der Waals surface area contributed by atoms with Gasteiger partial charge < -0.3 is 9.47 Å². The summed E-state index contributed by atoms with van der Waals surface area (Å²) in [6.07, 6.45) is 0. The summed E-state index contributed by atoms with van der Waals surface area (Å²) in [7, 11) is 0. The lowest BCUT2D eigenvalue weighted by atomic mass is 10.1. The summed E-state index contributed by atoms with van der Waals surface area (Å²) in [5.74, 6) is 1.61. The summed E-state index contributed by atoms with van der Waals surface area (Å²) in [5, 5.41) is 2.08. The van der Waals surface area contributed by atoms with E-state index in [-0.39, 0.29) is 4.83 Å². The average Bonchev–Trinajstić information content (AvgIpc) is 2.94. The Bertz CT molecular complexity index is 511. The molecule has 0 spiro atoms.